The lowest BCUT2D eigenvalue weighted by molar-refractivity contribution is 1.18. The molecule has 7 aromatic carbocycles. The van der Waals surface area contributed by atoms with Crippen molar-refractivity contribution in [1.29, 1.82) is 0 Å². The van der Waals surface area contributed by atoms with Gasteiger partial charge in [0.15, 0.2) is 0 Å². The third-order valence-corrected chi connectivity index (χ3v) is 9.44. The molecular formula is C47H33N3. The summed E-state index contributed by atoms with van der Waals surface area (Å²) >= 11 is 0. The highest BCUT2D eigenvalue weighted by molar-refractivity contribution is 6.16. The summed E-state index contributed by atoms with van der Waals surface area (Å²) in [6.07, 6.45) is 3.72. The molecule has 0 aliphatic rings. The van der Waals surface area contributed by atoms with Gasteiger partial charge in [-0.3, -0.25) is 4.98 Å². The van der Waals surface area contributed by atoms with E-state index in [1.807, 2.05) is 18.5 Å². The summed E-state index contributed by atoms with van der Waals surface area (Å²) in [5, 5.41) is 2.41. The van der Waals surface area contributed by atoms with E-state index in [1.165, 1.54) is 38.5 Å². The maximum atomic E-state index is 4.33. The second-order valence-electron chi connectivity index (χ2n) is 12.5. The monoisotopic (exact) mass is 639 g/mol. The fourth-order valence-corrected chi connectivity index (χ4v) is 7.14. The first-order valence-electron chi connectivity index (χ1n) is 17.0. The molecule has 0 amide bonds. The molecule has 236 valence electrons. The van der Waals surface area contributed by atoms with Crippen LogP contribution < -0.4 is 4.90 Å². The smallest absolute Gasteiger partial charge is 0.0562 e. The quantitative estimate of drug-likeness (QED) is 0.173. The summed E-state index contributed by atoms with van der Waals surface area (Å²) in [5.74, 6) is 0. The van der Waals surface area contributed by atoms with E-state index in [-0.39, 0.29) is 0 Å². The Morgan fingerprint density at radius 3 is 1.64 bits per heavy atom. The Bertz CT molecular complexity index is 2500. The number of aromatic nitrogens is 2. The van der Waals surface area contributed by atoms with Crippen LogP contribution in [0.25, 0.3) is 60.9 Å². The molecule has 3 nitrogen and oxygen atoms in total. The number of nitrogens with zero attached hydrogens (tertiary/aromatic N) is 3. The Labute approximate surface area is 292 Å². The van der Waals surface area contributed by atoms with Crippen LogP contribution in [0, 0.1) is 0 Å². The number of hydrogen-bond donors (Lipinski definition) is 0. The van der Waals surface area contributed by atoms with Gasteiger partial charge in [0, 0.05) is 40.2 Å². The highest BCUT2D eigenvalue weighted by atomic mass is 15.1. The van der Waals surface area contributed by atoms with Crippen molar-refractivity contribution in [3.63, 3.8) is 0 Å². The van der Waals surface area contributed by atoms with Gasteiger partial charge < -0.3 is 9.47 Å². The molecule has 9 aromatic rings. The summed E-state index contributed by atoms with van der Waals surface area (Å²) in [7, 11) is 0. The zero-order valence-corrected chi connectivity index (χ0v) is 27.4. The second-order valence-corrected chi connectivity index (χ2v) is 12.5. The molecule has 50 heavy (non-hydrogen) atoms. The van der Waals surface area contributed by atoms with E-state index in [0.717, 1.165) is 39.4 Å². The van der Waals surface area contributed by atoms with E-state index in [9.17, 15) is 0 Å². The Balaban J connectivity index is 1.29. The van der Waals surface area contributed by atoms with Crippen molar-refractivity contribution >= 4 is 38.9 Å². The summed E-state index contributed by atoms with van der Waals surface area (Å²) in [6.45, 7) is 0. The Hall–Kier alpha value is -6.71. The number of benzene rings is 7. The minimum Gasteiger partial charge on any atom is -0.310 e. The second kappa shape index (κ2) is 12.7. The molecule has 0 aliphatic heterocycles. The number of rotatable bonds is 7. The molecule has 0 atom stereocenters. The van der Waals surface area contributed by atoms with Crippen molar-refractivity contribution in [3.05, 3.63) is 200 Å². The van der Waals surface area contributed by atoms with Crippen molar-refractivity contribution in [1.82, 2.24) is 9.55 Å². The average molecular weight is 640 g/mol. The number of anilines is 3. The molecule has 0 N–H and O–H groups in total. The molecule has 0 fully saturated rings. The molecule has 2 aromatic heterocycles. The van der Waals surface area contributed by atoms with Crippen molar-refractivity contribution in [2.24, 2.45) is 0 Å². The highest BCUT2D eigenvalue weighted by Gasteiger charge is 2.22. The lowest BCUT2D eigenvalue weighted by Crippen LogP contribution is -2.10. The normalized spacial score (nSPS) is 11.2. The van der Waals surface area contributed by atoms with E-state index in [1.54, 1.807) is 0 Å². The van der Waals surface area contributed by atoms with Gasteiger partial charge in [0.1, 0.15) is 0 Å². The molecule has 0 spiro atoms. The first-order valence-corrected chi connectivity index (χ1v) is 17.0. The number of fused-ring (bicyclic) bond motifs is 3. The van der Waals surface area contributed by atoms with Gasteiger partial charge in [-0.25, -0.2) is 0 Å². The Kier molecular flexibility index (Phi) is 7.49. The minimum absolute atomic E-state index is 1.10. The molecule has 0 saturated carbocycles. The number of hydrogen-bond acceptors (Lipinski definition) is 2. The van der Waals surface area contributed by atoms with Crippen LogP contribution in [0.3, 0.4) is 0 Å². The summed E-state index contributed by atoms with van der Waals surface area (Å²) in [5.41, 5.74) is 13.7. The molecule has 0 bridgehead atoms. The summed E-state index contributed by atoms with van der Waals surface area (Å²) in [6, 6.07) is 67.3. The fourth-order valence-electron chi connectivity index (χ4n) is 7.14. The van der Waals surface area contributed by atoms with Crippen LogP contribution in [0.5, 0.6) is 0 Å². The van der Waals surface area contributed by atoms with Crippen molar-refractivity contribution < 1.29 is 0 Å². The highest BCUT2D eigenvalue weighted by Crippen LogP contribution is 2.45. The van der Waals surface area contributed by atoms with E-state index in [2.05, 4.69) is 196 Å². The topological polar surface area (TPSA) is 21.1 Å². The first-order chi connectivity index (χ1) is 24.8. The largest absolute Gasteiger partial charge is 0.310 e. The van der Waals surface area contributed by atoms with Gasteiger partial charge in [0.2, 0.25) is 0 Å². The molecule has 0 unspecified atom stereocenters. The van der Waals surface area contributed by atoms with Gasteiger partial charge in [-0.2, -0.15) is 0 Å². The van der Waals surface area contributed by atoms with Crippen LogP contribution in [0.1, 0.15) is 0 Å². The van der Waals surface area contributed by atoms with Crippen LogP contribution in [-0.2, 0) is 0 Å². The molecule has 0 saturated heterocycles. The standard InChI is InChI=1S/C47H33N3/c1-4-14-34(15-5-1)38-30-39(35-16-6-2-7-17-35)32-42(31-38)49(40-19-8-3-9-20-40)45-23-12-24-46-47(45)43-21-10-11-22-44(43)50(46)41-27-25-36(26-28-41)37-18-13-29-48-33-37/h1-33H. The predicted octanol–water partition coefficient (Wildman–Crippen LogP) is 12.6. The van der Waals surface area contributed by atoms with Crippen molar-refractivity contribution in [2.45, 2.75) is 0 Å². The third-order valence-electron chi connectivity index (χ3n) is 9.44. The Morgan fingerprint density at radius 2 is 0.980 bits per heavy atom. The lowest BCUT2D eigenvalue weighted by atomic mass is 9.97. The van der Waals surface area contributed by atoms with Crippen LogP contribution in [0.2, 0.25) is 0 Å². The van der Waals surface area contributed by atoms with Crippen molar-refractivity contribution in [3.8, 4) is 39.1 Å². The van der Waals surface area contributed by atoms with E-state index < -0.39 is 0 Å². The molecular weight excluding hydrogens is 607 g/mol. The molecule has 0 aliphatic carbocycles. The van der Waals surface area contributed by atoms with Gasteiger partial charge in [-0.05, 0) is 100 Å². The van der Waals surface area contributed by atoms with Gasteiger partial charge in [-0.1, -0.05) is 121 Å². The van der Waals surface area contributed by atoms with E-state index in [0.29, 0.717) is 0 Å². The number of pyridine rings is 1. The molecule has 9 rings (SSSR count). The molecule has 2 heterocycles. The van der Waals surface area contributed by atoms with Crippen LogP contribution in [-0.4, -0.2) is 9.55 Å². The minimum atomic E-state index is 1.10. The zero-order valence-electron chi connectivity index (χ0n) is 27.4. The van der Waals surface area contributed by atoms with Crippen LogP contribution in [0.4, 0.5) is 17.1 Å². The third kappa shape index (κ3) is 5.32. The molecule has 0 radical (unpaired) electrons. The SMILES string of the molecule is c1ccc(-c2cc(-c3ccccc3)cc(N(c3ccccc3)c3cccc4c3c3ccccc3n4-c3ccc(-c4cccnc4)cc3)c2)cc1. The predicted molar refractivity (Wildman–Crippen MR) is 210 cm³/mol. The van der Waals surface area contributed by atoms with Gasteiger partial charge in [0.25, 0.3) is 0 Å². The summed E-state index contributed by atoms with van der Waals surface area (Å²) < 4.78 is 2.39. The average Bonchev–Trinajstić information content (AvgIpc) is 3.54. The lowest BCUT2D eigenvalue weighted by Gasteiger charge is -2.28. The molecule has 3 heteroatoms. The van der Waals surface area contributed by atoms with Crippen LogP contribution in [0.15, 0.2) is 200 Å². The van der Waals surface area contributed by atoms with Gasteiger partial charge in [0.05, 0.1) is 16.7 Å². The fraction of sp³-hybridized carbons (Fsp3) is 0. The number of para-hydroxylation sites is 2. The maximum absolute atomic E-state index is 4.33. The maximum Gasteiger partial charge on any atom is 0.0562 e. The van der Waals surface area contributed by atoms with E-state index >= 15 is 0 Å². The van der Waals surface area contributed by atoms with Crippen molar-refractivity contribution in [2.75, 3.05) is 4.90 Å². The van der Waals surface area contributed by atoms with Gasteiger partial charge >= 0.3 is 0 Å². The first kappa shape index (κ1) is 29.4. The Morgan fingerprint density at radius 1 is 0.400 bits per heavy atom. The van der Waals surface area contributed by atoms with Gasteiger partial charge in [-0.15, -0.1) is 0 Å². The summed E-state index contributed by atoms with van der Waals surface area (Å²) in [4.78, 5) is 6.75. The van der Waals surface area contributed by atoms with Crippen LogP contribution >= 0.6 is 0 Å². The zero-order chi connectivity index (χ0) is 33.3. The van der Waals surface area contributed by atoms with E-state index in [4.69, 9.17) is 0 Å².